The minimum Gasteiger partial charge on any atom is -0.471 e. The van der Waals surface area contributed by atoms with E-state index in [1.807, 2.05) is 32.0 Å². The van der Waals surface area contributed by atoms with Crippen molar-refractivity contribution in [3.8, 4) is 5.75 Å². The largest absolute Gasteiger partial charge is 0.471 e. The Morgan fingerprint density at radius 3 is 2.81 bits per heavy atom. The van der Waals surface area contributed by atoms with Crippen LogP contribution in [0, 0.1) is 19.7 Å². The van der Waals surface area contributed by atoms with Crippen LogP contribution in [0.25, 0.3) is 0 Å². The highest BCUT2D eigenvalue weighted by atomic mass is 35.5. The van der Waals surface area contributed by atoms with Crippen molar-refractivity contribution in [2.45, 2.75) is 20.6 Å². The maximum Gasteiger partial charge on any atom is 0.276 e. The van der Waals surface area contributed by atoms with Gasteiger partial charge in [0.2, 0.25) is 0 Å². The van der Waals surface area contributed by atoms with Crippen LogP contribution in [0.2, 0.25) is 5.02 Å². The molecule has 3 rings (SSSR count). The van der Waals surface area contributed by atoms with Crippen LogP contribution < -0.4 is 10.1 Å². The summed E-state index contributed by atoms with van der Waals surface area (Å²) in [6.07, 6.45) is 1.63. The number of hydrogen-bond acceptors (Lipinski definition) is 3. The number of hydrogen-bond donors (Lipinski definition) is 1. The number of ether oxygens (including phenoxy) is 1. The monoisotopic (exact) mass is 373 g/mol. The first kappa shape index (κ1) is 17.9. The lowest BCUT2D eigenvalue weighted by Crippen LogP contribution is -2.15. The van der Waals surface area contributed by atoms with Crippen molar-refractivity contribution in [1.82, 2.24) is 9.78 Å². The number of carbonyl (C=O) groups excluding carboxylic acids is 1. The van der Waals surface area contributed by atoms with Crippen LogP contribution in [-0.2, 0) is 6.73 Å². The summed E-state index contributed by atoms with van der Waals surface area (Å²) in [5, 5.41) is 7.02. The van der Waals surface area contributed by atoms with Gasteiger partial charge in [-0.15, -0.1) is 0 Å². The second-order valence-corrected chi connectivity index (χ2v) is 6.27. The van der Waals surface area contributed by atoms with Gasteiger partial charge in [-0.1, -0.05) is 23.7 Å². The molecule has 1 amide bonds. The minimum atomic E-state index is -0.511. The molecule has 7 heteroatoms. The van der Waals surface area contributed by atoms with Gasteiger partial charge in [0.1, 0.15) is 11.6 Å². The van der Waals surface area contributed by atoms with Crippen LogP contribution in [0.1, 0.15) is 21.6 Å². The van der Waals surface area contributed by atoms with E-state index in [1.165, 1.54) is 22.9 Å². The zero-order valence-electron chi connectivity index (χ0n) is 14.3. The molecule has 1 N–H and O–H groups in total. The fourth-order valence-corrected chi connectivity index (χ4v) is 2.49. The summed E-state index contributed by atoms with van der Waals surface area (Å²) in [7, 11) is 0. The molecular formula is C19H17ClFN3O2. The molecule has 0 atom stereocenters. The summed E-state index contributed by atoms with van der Waals surface area (Å²) in [4.78, 5) is 12.4. The summed E-state index contributed by atoms with van der Waals surface area (Å²) in [5.74, 6) is -0.404. The van der Waals surface area contributed by atoms with E-state index in [1.54, 1.807) is 12.3 Å². The van der Waals surface area contributed by atoms with E-state index in [4.69, 9.17) is 16.3 Å². The summed E-state index contributed by atoms with van der Waals surface area (Å²) < 4.78 is 20.1. The normalized spacial score (nSPS) is 10.6. The van der Waals surface area contributed by atoms with Crippen molar-refractivity contribution >= 4 is 23.2 Å². The molecule has 3 aromatic rings. The molecule has 0 saturated heterocycles. The van der Waals surface area contributed by atoms with Crippen molar-refractivity contribution in [2.75, 3.05) is 5.32 Å². The Balaban J connectivity index is 1.64. The van der Waals surface area contributed by atoms with Crippen LogP contribution >= 0.6 is 11.6 Å². The number of nitrogens with one attached hydrogen (secondary N) is 1. The Bertz CT molecular complexity index is 956. The summed E-state index contributed by atoms with van der Waals surface area (Å²) >= 11 is 5.71. The second-order valence-electron chi connectivity index (χ2n) is 5.86. The maximum atomic E-state index is 13.1. The highest BCUT2D eigenvalue weighted by Gasteiger charge is 2.11. The van der Waals surface area contributed by atoms with Crippen LogP contribution in [0.15, 0.2) is 48.7 Å². The Hall–Kier alpha value is -2.86. The topological polar surface area (TPSA) is 56.2 Å². The molecule has 0 spiro atoms. The Morgan fingerprint density at radius 2 is 2.04 bits per heavy atom. The molecule has 1 heterocycles. The SMILES string of the molecule is Cc1ccc(C)c(NC(=O)c2ccn(COc3ccc(F)c(Cl)c3)n2)c1. The van der Waals surface area contributed by atoms with Crippen molar-refractivity contribution in [2.24, 2.45) is 0 Å². The number of aromatic nitrogens is 2. The summed E-state index contributed by atoms with van der Waals surface area (Å²) in [5.41, 5.74) is 3.05. The fraction of sp³-hybridized carbons (Fsp3) is 0.158. The predicted octanol–water partition coefficient (Wildman–Crippen LogP) is 4.58. The van der Waals surface area contributed by atoms with Crippen molar-refractivity contribution in [3.05, 3.63) is 76.3 Å². The van der Waals surface area contributed by atoms with Gasteiger partial charge in [-0.3, -0.25) is 4.79 Å². The standard InChI is InChI=1S/C19H17ClFN3O2/c1-12-3-4-13(2)18(9-12)22-19(25)17-7-8-24(23-17)11-26-14-5-6-16(21)15(20)10-14/h3-10H,11H2,1-2H3,(H,22,25). The highest BCUT2D eigenvalue weighted by Crippen LogP contribution is 2.21. The molecule has 0 aliphatic heterocycles. The Labute approximate surface area is 155 Å². The van der Waals surface area contributed by atoms with Gasteiger partial charge >= 0.3 is 0 Å². The first-order chi connectivity index (χ1) is 12.4. The molecule has 134 valence electrons. The van der Waals surface area contributed by atoms with Gasteiger partial charge in [0.25, 0.3) is 5.91 Å². The molecule has 5 nitrogen and oxygen atoms in total. The van der Waals surface area contributed by atoms with Gasteiger partial charge in [-0.05, 0) is 49.2 Å². The number of amides is 1. The lowest BCUT2D eigenvalue weighted by Gasteiger charge is -2.08. The van der Waals surface area contributed by atoms with Gasteiger partial charge in [0.05, 0.1) is 5.02 Å². The Morgan fingerprint density at radius 1 is 1.23 bits per heavy atom. The van der Waals surface area contributed by atoms with Gasteiger partial charge in [-0.25, -0.2) is 9.07 Å². The lowest BCUT2D eigenvalue weighted by atomic mass is 10.1. The average Bonchev–Trinajstić information content (AvgIpc) is 3.08. The third-order valence-corrected chi connectivity index (χ3v) is 4.06. The number of carbonyl (C=O) groups is 1. The van der Waals surface area contributed by atoms with Gasteiger partial charge in [0.15, 0.2) is 12.4 Å². The van der Waals surface area contributed by atoms with Crippen molar-refractivity contribution in [1.29, 1.82) is 0 Å². The summed E-state index contributed by atoms with van der Waals surface area (Å²) in [6.45, 7) is 3.96. The molecule has 0 saturated carbocycles. The predicted molar refractivity (Wildman–Crippen MR) is 98.1 cm³/mol. The third-order valence-electron chi connectivity index (χ3n) is 3.77. The van der Waals surface area contributed by atoms with E-state index >= 15 is 0 Å². The van der Waals surface area contributed by atoms with E-state index in [-0.39, 0.29) is 23.4 Å². The second kappa shape index (κ2) is 7.58. The summed E-state index contributed by atoms with van der Waals surface area (Å²) in [6, 6.07) is 11.5. The minimum absolute atomic E-state index is 0.0171. The van der Waals surface area contributed by atoms with E-state index in [0.29, 0.717) is 5.75 Å². The van der Waals surface area contributed by atoms with E-state index in [9.17, 15) is 9.18 Å². The zero-order valence-corrected chi connectivity index (χ0v) is 15.0. The van der Waals surface area contributed by atoms with Crippen molar-refractivity contribution in [3.63, 3.8) is 0 Å². The van der Waals surface area contributed by atoms with Crippen LogP contribution in [-0.4, -0.2) is 15.7 Å². The molecule has 0 bridgehead atoms. The highest BCUT2D eigenvalue weighted by molar-refractivity contribution is 6.30. The number of halogens is 2. The molecular weight excluding hydrogens is 357 g/mol. The maximum absolute atomic E-state index is 13.1. The molecule has 0 aliphatic carbocycles. The molecule has 1 aromatic heterocycles. The fourth-order valence-electron chi connectivity index (χ4n) is 2.32. The molecule has 0 aliphatic rings. The number of aryl methyl sites for hydroxylation is 2. The molecule has 2 aromatic carbocycles. The quantitative estimate of drug-likeness (QED) is 0.712. The smallest absolute Gasteiger partial charge is 0.276 e. The number of anilines is 1. The number of rotatable bonds is 5. The third kappa shape index (κ3) is 4.21. The van der Waals surface area contributed by atoms with E-state index in [2.05, 4.69) is 10.4 Å². The van der Waals surface area contributed by atoms with Crippen LogP contribution in [0.3, 0.4) is 0 Å². The number of nitrogens with zero attached hydrogens (tertiary/aromatic N) is 2. The lowest BCUT2D eigenvalue weighted by molar-refractivity contribution is 0.102. The van der Waals surface area contributed by atoms with E-state index in [0.717, 1.165) is 16.8 Å². The molecule has 0 radical (unpaired) electrons. The molecule has 26 heavy (non-hydrogen) atoms. The Kier molecular flexibility index (Phi) is 5.23. The van der Waals surface area contributed by atoms with E-state index < -0.39 is 5.82 Å². The van der Waals surface area contributed by atoms with Gasteiger partial charge < -0.3 is 10.1 Å². The first-order valence-corrected chi connectivity index (χ1v) is 8.30. The van der Waals surface area contributed by atoms with Crippen LogP contribution in [0.5, 0.6) is 5.75 Å². The van der Waals surface area contributed by atoms with Gasteiger partial charge in [0, 0.05) is 18.0 Å². The van der Waals surface area contributed by atoms with Gasteiger partial charge in [-0.2, -0.15) is 5.10 Å². The zero-order chi connectivity index (χ0) is 18.7. The first-order valence-electron chi connectivity index (χ1n) is 7.92. The molecule has 0 unspecified atom stereocenters. The van der Waals surface area contributed by atoms with Crippen molar-refractivity contribution < 1.29 is 13.9 Å². The molecule has 0 fully saturated rings. The average molecular weight is 374 g/mol. The number of benzene rings is 2. The van der Waals surface area contributed by atoms with Crippen LogP contribution in [0.4, 0.5) is 10.1 Å².